The lowest BCUT2D eigenvalue weighted by atomic mass is 10.1. The highest BCUT2D eigenvalue weighted by Crippen LogP contribution is 2.14. The monoisotopic (exact) mass is 397 g/mol. The van der Waals surface area contributed by atoms with E-state index in [1.807, 2.05) is 36.4 Å². The minimum absolute atomic E-state index is 0.142. The Labute approximate surface area is 172 Å². The Bertz CT molecular complexity index is 1280. The van der Waals surface area contributed by atoms with Crippen LogP contribution in [0.25, 0.3) is 10.8 Å². The standard InChI is InChI=1S/C23H19N5O2/c1-16(18-10-7-13-24-14-18)25-26-22(29)21-19-11-5-6-12-20(19)23(30)28(27-21)15-17-8-3-2-4-9-17/h2-14H,15H2,1H3,(H,26,29)/b25-16-. The molecule has 0 aliphatic carbocycles. The summed E-state index contributed by atoms with van der Waals surface area (Å²) in [6.07, 6.45) is 3.33. The molecule has 2 aromatic carbocycles. The van der Waals surface area contributed by atoms with Gasteiger partial charge in [-0.15, -0.1) is 0 Å². The largest absolute Gasteiger partial charge is 0.292 e. The van der Waals surface area contributed by atoms with Gasteiger partial charge < -0.3 is 0 Å². The summed E-state index contributed by atoms with van der Waals surface area (Å²) in [4.78, 5) is 29.8. The number of aromatic nitrogens is 3. The fourth-order valence-corrected chi connectivity index (χ4v) is 3.10. The Morgan fingerprint density at radius 2 is 1.73 bits per heavy atom. The van der Waals surface area contributed by atoms with Crippen LogP contribution in [0.4, 0.5) is 0 Å². The Morgan fingerprint density at radius 1 is 1.00 bits per heavy atom. The van der Waals surface area contributed by atoms with Crippen LogP contribution in [0.15, 0.2) is 89.0 Å². The van der Waals surface area contributed by atoms with E-state index in [9.17, 15) is 9.59 Å². The molecule has 1 amide bonds. The van der Waals surface area contributed by atoms with E-state index >= 15 is 0 Å². The number of hydrogen-bond donors (Lipinski definition) is 1. The molecule has 0 atom stereocenters. The maximum absolute atomic E-state index is 12.9. The molecule has 0 saturated carbocycles. The molecule has 148 valence electrons. The summed E-state index contributed by atoms with van der Waals surface area (Å²) in [5, 5.41) is 9.44. The molecule has 0 bridgehead atoms. The molecule has 0 unspecified atom stereocenters. The second-order valence-corrected chi connectivity index (χ2v) is 6.72. The van der Waals surface area contributed by atoms with Gasteiger partial charge >= 0.3 is 0 Å². The van der Waals surface area contributed by atoms with Crippen molar-refractivity contribution in [2.75, 3.05) is 0 Å². The predicted molar refractivity (Wildman–Crippen MR) is 115 cm³/mol. The normalized spacial score (nSPS) is 11.4. The number of nitrogens with one attached hydrogen (secondary N) is 1. The van der Waals surface area contributed by atoms with Crippen molar-refractivity contribution in [2.24, 2.45) is 5.10 Å². The third-order valence-corrected chi connectivity index (χ3v) is 4.66. The molecule has 0 saturated heterocycles. The van der Waals surface area contributed by atoms with Gasteiger partial charge in [0, 0.05) is 23.3 Å². The summed E-state index contributed by atoms with van der Waals surface area (Å²) < 4.78 is 1.31. The van der Waals surface area contributed by atoms with Gasteiger partial charge in [-0.05, 0) is 24.6 Å². The number of carbonyl (C=O) groups is 1. The van der Waals surface area contributed by atoms with Crippen molar-refractivity contribution in [3.63, 3.8) is 0 Å². The fourth-order valence-electron chi connectivity index (χ4n) is 3.10. The van der Waals surface area contributed by atoms with Crippen molar-refractivity contribution in [2.45, 2.75) is 13.5 Å². The Kier molecular flexibility index (Phi) is 5.43. The van der Waals surface area contributed by atoms with Gasteiger partial charge in [0.15, 0.2) is 5.69 Å². The van der Waals surface area contributed by atoms with Gasteiger partial charge in [0.1, 0.15) is 0 Å². The molecule has 30 heavy (non-hydrogen) atoms. The molecule has 4 aromatic rings. The van der Waals surface area contributed by atoms with Crippen molar-refractivity contribution < 1.29 is 4.79 Å². The Balaban J connectivity index is 1.71. The fraction of sp³-hybridized carbons (Fsp3) is 0.0870. The lowest BCUT2D eigenvalue weighted by Crippen LogP contribution is -2.29. The van der Waals surface area contributed by atoms with Crippen molar-refractivity contribution in [1.82, 2.24) is 20.2 Å². The second-order valence-electron chi connectivity index (χ2n) is 6.72. The summed E-state index contributed by atoms with van der Waals surface area (Å²) >= 11 is 0. The molecule has 0 aliphatic heterocycles. The molecular weight excluding hydrogens is 378 g/mol. The van der Waals surface area contributed by atoms with Crippen molar-refractivity contribution >= 4 is 22.4 Å². The van der Waals surface area contributed by atoms with Gasteiger partial charge in [-0.25, -0.2) is 10.1 Å². The number of carbonyl (C=O) groups excluding carboxylic acids is 1. The molecule has 2 heterocycles. The summed E-state index contributed by atoms with van der Waals surface area (Å²) in [5.41, 5.74) is 4.76. The van der Waals surface area contributed by atoms with Gasteiger partial charge in [0.05, 0.1) is 17.6 Å². The van der Waals surface area contributed by atoms with Gasteiger partial charge in [-0.1, -0.05) is 54.6 Å². The molecule has 7 heteroatoms. The first-order chi connectivity index (χ1) is 14.6. The Hall–Kier alpha value is -4.13. The average molecular weight is 397 g/mol. The van der Waals surface area contributed by atoms with Gasteiger partial charge in [0.2, 0.25) is 0 Å². The molecule has 0 fully saturated rings. The highest BCUT2D eigenvalue weighted by molar-refractivity contribution is 6.06. The molecule has 1 N–H and O–H groups in total. The van der Waals surface area contributed by atoms with Crippen LogP contribution in [0.5, 0.6) is 0 Å². The van der Waals surface area contributed by atoms with Gasteiger partial charge in [-0.2, -0.15) is 10.2 Å². The predicted octanol–water partition coefficient (Wildman–Crippen LogP) is 2.99. The molecule has 0 spiro atoms. The average Bonchev–Trinajstić information content (AvgIpc) is 2.80. The SMILES string of the molecule is C/C(=N/NC(=O)c1nn(Cc2ccccc2)c(=O)c2ccccc12)c1cccnc1. The molecule has 0 aliphatic rings. The van der Waals surface area contributed by atoms with Crippen LogP contribution in [-0.4, -0.2) is 26.4 Å². The first kappa shape index (κ1) is 19.2. The van der Waals surface area contributed by atoms with Gasteiger partial charge in [-0.3, -0.25) is 14.6 Å². The molecule has 4 rings (SSSR count). The maximum atomic E-state index is 12.9. The first-order valence-corrected chi connectivity index (χ1v) is 9.42. The van der Waals surface area contributed by atoms with E-state index in [4.69, 9.17) is 0 Å². The lowest BCUT2D eigenvalue weighted by molar-refractivity contribution is 0.0949. The first-order valence-electron chi connectivity index (χ1n) is 9.42. The van der Waals surface area contributed by atoms with E-state index in [1.165, 1.54) is 4.68 Å². The smallest absolute Gasteiger partial charge is 0.267 e. The summed E-state index contributed by atoms with van der Waals surface area (Å²) in [6.45, 7) is 2.04. The van der Waals surface area contributed by atoms with Crippen LogP contribution < -0.4 is 11.0 Å². The zero-order chi connectivity index (χ0) is 20.9. The topological polar surface area (TPSA) is 89.2 Å². The molecule has 0 radical (unpaired) electrons. The van der Waals surface area contributed by atoms with Crippen LogP contribution in [0.3, 0.4) is 0 Å². The van der Waals surface area contributed by atoms with Crippen LogP contribution in [-0.2, 0) is 6.54 Å². The molecule has 2 aromatic heterocycles. The van der Waals surface area contributed by atoms with Gasteiger partial charge in [0.25, 0.3) is 11.5 Å². The minimum atomic E-state index is -0.490. The van der Waals surface area contributed by atoms with Crippen LogP contribution in [0.2, 0.25) is 0 Å². The summed E-state index contributed by atoms with van der Waals surface area (Å²) in [6, 6.07) is 20.1. The number of rotatable bonds is 5. The quantitative estimate of drug-likeness (QED) is 0.414. The number of nitrogens with zero attached hydrogens (tertiary/aromatic N) is 4. The van der Waals surface area contributed by atoms with E-state index in [-0.39, 0.29) is 17.8 Å². The van der Waals surface area contributed by atoms with E-state index in [0.29, 0.717) is 16.5 Å². The van der Waals surface area contributed by atoms with E-state index < -0.39 is 5.91 Å². The summed E-state index contributed by atoms with van der Waals surface area (Å²) in [5.74, 6) is -0.490. The highest BCUT2D eigenvalue weighted by atomic mass is 16.2. The minimum Gasteiger partial charge on any atom is -0.267 e. The second kappa shape index (κ2) is 8.48. The number of benzene rings is 2. The van der Waals surface area contributed by atoms with E-state index in [1.54, 1.807) is 49.6 Å². The van der Waals surface area contributed by atoms with Crippen molar-refractivity contribution in [3.05, 3.63) is 106 Å². The van der Waals surface area contributed by atoms with Crippen molar-refractivity contribution in [3.8, 4) is 0 Å². The van der Waals surface area contributed by atoms with Crippen molar-refractivity contribution in [1.29, 1.82) is 0 Å². The highest BCUT2D eigenvalue weighted by Gasteiger charge is 2.16. The third-order valence-electron chi connectivity index (χ3n) is 4.66. The van der Waals surface area contributed by atoms with E-state index in [2.05, 4.69) is 20.6 Å². The number of hydrazone groups is 1. The van der Waals surface area contributed by atoms with Crippen LogP contribution >= 0.6 is 0 Å². The van der Waals surface area contributed by atoms with Crippen LogP contribution in [0, 0.1) is 0 Å². The molecular formula is C23H19N5O2. The van der Waals surface area contributed by atoms with Crippen LogP contribution in [0.1, 0.15) is 28.5 Å². The number of hydrogen-bond acceptors (Lipinski definition) is 5. The number of fused-ring (bicyclic) bond motifs is 1. The Morgan fingerprint density at radius 3 is 2.47 bits per heavy atom. The zero-order valence-electron chi connectivity index (χ0n) is 16.3. The number of amides is 1. The molecule has 7 nitrogen and oxygen atoms in total. The lowest BCUT2D eigenvalue weighted by Gasteiger charge is -2.10. The third kappa shape index (κ3) is 4.00. The van der Waals surface area contributed by atoms with E-state index in [0.717, 1.165) is 11.1 Å². The zero-order valence-corrected chi connectivity index (χ0v) is 16.3. The summed E-state index contributed by atoms with van der Waals surface area (Å²) in [7, 11) is 0. The number of pyridine rings is 1. The maximum Gasteiger partial charge on any atom is 0.292 e.